The van der Waals surface area contributed by atoms with E-state index in [9.17, 15) is 9.59 Å². The lowest BCUT2D eigenvalue weighted by Gasteiger charge is -2.06. The first-order valence-electron chi connectivity index (χ1n) is 6.34. The summed E-state index contributed by atoms with van der Waals surface area (Å²) in [4.78, 5) is 26.7. The highest BCUT2D eigenvalue weighted by molar-refractivity contribution is 5.87. The van der Waals surface area contributed by atoms with E-state index in [0.29, 0.717) is 11.4 Å². The van der Waals surface area contributed by atoms with Gasteiger partial charge in [0.15, 0.2) is 0 Å². The van der Waals surface area contributed by atoms with Gasteiger partial charge in [-0.1, -0.05) is 12.1 Å². The third kappa shape index (κ3) is 4.31. The number of rotatable bonds is 5. The van der Waals surface area contributed by atoms with Gasteiger partial charge in [-0.25, -0.2) is 4.79 Å². The Morgan fingerprint density at radius 2 is 2.05 bits per heavy atom. The summed E-state index contributed by atoms with van der Waals surface area (Å²) in [7, 11) is 0. The van der Waals surface area contributed by atoms with Crippen molar-refractivity contribution in [3.8, 4) is 0 Å². The van der Waals surface area contributed by atoms with E-state index in [1.54, 1.807) is 18.2 Å². The van der Waals surface area contributed by atoms with E-state index in [1.165, 1.54) is 18.3 Å². The van der Waals surface area contributed by atoms with Crippen LogP contribution in [0.4, 0.5) is 5.69 Å². The molecule has 1 aromatic heterocycles. The molecule has 0 aliphatic heterocycles. The fourth-order valence-corrected chi connectivity index (χ4v) is 1.85. The van der Waals surface area contributed by atoms with Gasteiger partial charge in [-0.15, -0.1) is 0 Å². The van der Waals surface area contributed by atoms with Gasteiger partial charge in [0.25, 0.3) is 0 Å². The monoisotopic (exact) mass is 285 g/mol. The molecular formula is C15H15N3O3. The lowest BCUT2D eigenvalue weighted by molar-refractivity contribution is -0.120. The van der Waals surface area contributed by atoms with Crippen LogP contribution in [0.15, 0.2) is 42.6 Å². The van der Waals surface area contributed by atoms with Crippen LogP contribution in [0.25, 0.3) is 0 Å². The molecule has 2 aromatic rings. The number of benzene rings is 1. The predicted octanol–water partition coefficient (Wildman–Crippen LogP) is 1.22. The average molecular weight is 285 g/mol. The molecule has 6 heteroatoms. The molecule has 0 unspecified atom stereocenters. The van der Waals surface area contributed by atoms with Gasteiger partial charge in [-0.3, -0.25) is 9.78 Å². The molecule has 0 saturated carbocycles. The van der Waals surface area contributed by atoms with Crippen molar-refractivity contribution >= 4 is 17.6 Å². The van der Waals surface area contributed by atoms with Gasteiger partial charge in [0.2, 0.25) is 5.91 Å². The number of aromatic carboxylic acids is 1. The zero-order chi connectivity index (χ0) is 15.2. The van der Waals surface area contributed by atoms with Crippen molar-refractivity contribution in [1.29, 1.82) is 0 Å². The number of hydrogen-bond donors (Lipinski definition) is 3. The van der Waals surface area contributed by atoms with Crippen LogP contribution in [-0.2, 0) is 17.8 Å². The predicted molar refractivity (Wildman–Crippen MR) is 77.6 cm³/mol. The van der Waals surface area contributed by atoms with E-state index in [-0.39, 0.29) is 24.4 Å². The smallest absolute Gasteiger partial charge is 0.335 e. The molecule has 4 N–H and O–H groups in total. The van der Waals surface area contributed by atoms with Gasteiger partial charge in [-0.05, 0) is 29.8 Å². The van der Waals surface area contributed by atoms with Gasteiger partial charge >= 0.3 is 5.97 Å². The summed E-state index contributed by atoms with van der Waals surface area (Å²) in [6.07, 6.45) is 1.62. The van der Waals surface area contributed by atoms with E-state index in [2.05, 4.69) is 10.3 Å². The van der Waals surface area contributed by atoms with E-state index < -0.39 is 5.97 Å². The Kier molecular flexibility index (Phi) is 4.50. The summed E-state index contributed by atoms with van der Waals surface area (Å²) >= 11 is 0. The lowest BCUT2D eigenvalue weighted by Crippen LogP contribution is -2.25. The summed E-state index contributed by atoms with van der Waals surface area (Å²) in [6.45, 7) is 0.183. The standard InChI is InChI=1S/C15H15N3O3/c16-12-3-1-2-10(6-12)7-14(19)18-9-13-8-11(15(20)21)4-5-17-13/h1-6,8H,7,9,16H2,(H,18,19)(H,20,21). The minimum absolute atomic E-state index is 0.144. The van der Waals surface area contributed by atoms with Crippen molar-refractivity contribution in [2.45, 2.75) is 13.0 Å². The van der Waals surface area contributed by atoms with E-state index >= 15 is 0 Å². The number of nitrogen functional groups attached to an aromatic ring is 1. The van der Waals surface area contributed by atoms with Gasteiger partial charge in [0, 0.05) is 11.9 Å². The molecule has 21 heavy (non-hydrogen) atoms. The van der Waals surface area contributed by atoms with Crippen molar-refractivity contribution in [2.75, 3.05) is 5.73 Å². The van der Waals surface area contributed by atoms with Gasteiger partial charge in [-0.2, -0.15) is 0 Å². The molecule has 6 nitrogen and oxygen atoms in total. The molecule has 0 radical (unpaired) electrons. The third-order valence-electron chi connectivity index (χ3n) is 2.85. The molecule has 0 bridgehead atoms. The van der Waals surface area contributed by atoms with Crippen LogP contribution in [0, 0.1) is 0 Å². The molecule has 0 aliphatic carbocycles. The molecule has 108 valence electrons. The van der Waals surface area contributed by atoms with E-state index in [0.717, 1.165) is 5.56 Å². The summed E-state index contributed by atoms with van der Waals surface area (Å²) < 4.78 is 0. The van der Waals surface area contributed by atoms with Crippen molar-refractivity contribution in [3.05, 3.63) is 59.4 Å². The first-order chi connectivity index (χ1) is 10.0. The van der Waals surface area contributed by atoms with Crippen molar-refractivity contribution in [2.24, 2.45) is 0 Å². The Hall–Kier alpha value is -2.89. The number of anilines is 1. The minimum atomic E-state index is -1.02. The van der Waals surface area contributed by atoms with Crippen molar-refractivity contribution in [1.82, 2.24) is 10.3 Å². The van der Waals surface area contributed by atoms with Crippen LogP contribution in [0.3, 0.4) is 0 Å². The molecule has 0 spiro atoms. The van der Waals surface area contributed by atoms with Crippen LogP contribution in [-0.4, -0.2) is 22.0 Å². The molecule has 0 atom stereocenters. The lowest BCUT2D eigenvalue weighted by atomic mass is 10.1. The Morgan fingerprint density at radius 3 is 2.76 bits per heavy atom. The van der Waals surface area contributed by atoms with Gasteiger partial charge < -0.3 is 16.2 Å². The van der Waals surface area contributed by atoms with Gasteiger partial charge in [0.05, 0.1) is 24.2 Å². The van der Waals surface area contributed by atoms with Crippen molar-refractivity contribution in [3.63, 3.8) is 0 Å². The molecule has 0 aliphatic rings. The molecule has 0 fully saturated rings. The Labute approximate surface area is 121 Å². The second-order valence-electron chi connectivity index (χ2n) is 4.54. The number of hydrogen-bond acceptors (Lipinski definition) is 4. The Morgan fingerprint density at radius 1 is 1.24 bits per heavy atom. The number of carboxylic acids is 1. The molecule has 0 saturated heterocycles. The number of pyridine rings is 1. The Bertz CT molecular complexity index is 671. The summed E-state index contributed by atoms with van der Waals surface area (Å²) in [5, 5.41) is 11.6. The molecular weight excluding hydrogens is 270 g/mol. The number of carboxylic acid groups (broad SMARTS) is 1. The normalized spacial score (nSPS) is 10.1. The fraction of sp³-hybridized carbons (Fsp3) is 0.133. The molecule has 1 aromatic carbocycles. The average Bonchev–Trinajstić information content (AvgIpc) is 2.45. The summed E-state index contributed by atoms with van der Waals surface area (Å²) in [5.74, 6) is -1.20. The third-order valence-corrected chi connectivity index (χ3v) is 2.85. The number of aromatic nitrogens is 1. The van der Waals surface area contributed by atoms with Crippen LogP contribution in [0.5, 0.6) is 0 Å². The maximum atomic E-state index is 11.8. The highest BCUT2D eigenvalue weighted by Gasteiger charge is 2.07. The van der Waals surface area contributed by atoms with Crippen LogP contribution in [0.2, 0.25) is 0 Å². The maximum absolute atomic E-state index is 11.8. The number of nitrogens with zero attached hydrogens (tertiary/aromatic N) is 1. The highest BCUT2D eigenvalue weighted by Crippen LogP contribution is 2.07. The van der Waals surface area contributed by atoms with Crippen molar-refractivity contribution < 1.29 is 14.7 Å². The van der Waals surface area contributed by atoms with Crippen LogP contribution >= 0.6 is 0 Å². The number of carbonyl (C=O) groups is 2. The van der Waals surface area contributed by atoms with E-state index in [4.69, 9.17) is 10.8 Å². The fourth-order valence-electron chi connectivity index (χ4n) is 1.85. The first-order valence-corrected chi connectivity index (χ1v) is 6.34. The minimum Gasteiger partial charge on any atom is -0.478 e. The molecule has 1 amide bonds. The topological polar surface area (TPSA) is 105 Å². The summed E-state index contributed by atoms with van der Waals surface area (Å²) in [6, 6.07) is 9.93. The quantitative estimate of drug-likeness (QED) is 0.716. The zero-order valence-electron chi connectivity index (χ0n) is 11.2. The number of carbonyl (C=O) groups excluding carboxylic acids is 1. The first kappa shape index (κ1) is 14.5. The van der Waals surface area contributed by atoms with E-state index in [1.807, 2.05) is 6.07 Å². The van der Waals surface area contributed by atoms with Crippen LogP contribution < -0.4 is 11.1 Å². The number of nitrogens with one attached hydrogen (secondary N) is 1. The zero-order valence-corrected chi connectivity index (χ0v) is 11.2. The number of amides is 1. The van der Waals surface area contributed by atoms with Gasteiger partial charge in [0.1, 0.15) is 0 Å². The SMILES string of the molecule is Nc1cccc(CC(=O)NCc2cc(C(=O)O)ccn2)c1. The second-order valence-corrected chi connectivity index (χ2v) is 4.54. The second kappa shape index (κ2) is 6.51. The maximum Gasteiger partial charge on any atom is 0.335 e. The number of nitrogens with two attached hydrogens (primary N) is 1. The highest BCUT2D eigenvalue weighted by atomic mass is 16.4. The summed E-state index contributed by atoms with van der Waals surface area (Å²) in [5.41, 5.74) is 7.71. The van der Waals surface area contributed by atoms with Crippen LogP contribution in [0.1, 0.15) is 21.6 Å². The molecule has 2 rings (SSSR count). The molecule has 1 heterocycles. The largest absolute Gasteiger partial charge is 0.478 e. The Balaban J connectivity index is 1.92.